The molecule has 0 aromatic heterocycles. The van der Waals surface area contributed by atoms with Crippen molar-refractivity contribution in [3.8, 4) is 0 Å². The van der Waals surface area contributed by atoms with Crippen molar-refractivity contribution in [2.75, 3.05) is 20.9 Å². The van der Waals surface area contributed by atoms with Gasteiger partial charge in [-0.1, -0.05) is 35.4 Å². The molecule has 14 heteroatoms. The summed E-state index contributed by atoms with van der Waals surface area (Å²) in [6.07, 6.45) is -4.89. The number of carbonyl (C=O) groups excluding carboxylic acids is 1. The predicted octanol–water partition coefficient (Wildman–Crippen LogP) is 6.92. The zero-order valence-electron chi connectivity index (χ0n) is 23.6. The normalized spacial score (nSPS) is 12.1. The van der Waals surface area contributed by atoms with Crippen LogP contribution in [0.3, 0.4) is 0 Å². The Bertz CT molecular complexity index is 1920. The SMILES string of the molecule is Cc1ccc(S(=O)(=O)N(CC(=O)Nc2ccc(S(=O)(=O)Nc3ccc(C)c(C)c3)cc2)c2ccc(Cl)c(C(F)(F)F)c2)cc1. The molecule has 0 aliphatic carbocycles. The lowest BCUT2D eigenvalue weighted by atomic mass is 10.1. The highest BCUT2D eigenvalue weighted by molar-refractivity contribution is 7.93. The fourth-order valence-corrected chi connectivity index (χ4v) is 6.79. The molecule has 0 fully saturated rings. The summed E-state index contributed by atoms with van der Waals surface area (Å²) in [6.45, 7) is 4.57. The van der Waals surface area contributed by atoms with E-state index in [0.29, 0.717) is 16.1 Å². The molecular formula is C30H27ClF3N3O5S2. The third kappa shape index (κ3) is 7.52. The van der Waals surface area contributed by atoms with Gasteiger partial charge in [-0.15, -0.1) is 0 Å². The zero-order valence-corrected chi connectivity index (χ0v) is 26.0. The molecule has 0 bridgehead atoms. The highest BCUT2D eigenvalue weighted by Crippen LogP contribution is 2.38. The monoisotopic (exact) mass is 665 g/mol. The van der Waals surface area contributed by atoms with Crippen molar-refractivity contribution in [2.45, 2.75) is 36.7 Å². The Labute approximate surface area is 258 Å². The smallest absolute Gasteiger partial charge is 0.325 e. The Balaban J connectivity index is 1.59. The van der Waals surface area contributed by atoms with E-state index in [4.69, 9.17) is 11.6 Å². The van der Waals surface area contributed by atoms with Gasteiger partial charge in [0, 0.05) is 11.4 Å². The minimum atomic E-state index is -4.89. The molecule has 0 spiro atoms. The van der Waals surface area contributed by atoms with Crippen molar-refractivity contribution < 1.29 is 34.8 Å². The van der Waals surface area contributed by atoms with Crippen LogP contribution in [0.1, 0.15) is 22.3 Å². The Kier molecular flexibility index (Phi) is 9.33. The van der Waals surface area contributed by atoms with Crippen LogP contribution in [0.25, 0.3) is 0 Å². The molecular weight excluding hydrogens is 639 g/mol. The number of nitrogens with one attached hydrogen (secondary N) is 2. The van der Waals surface area contributed by atoms with Crippen molar-refractivity contribution >= 4 is 54.6 Å². The standard InChI is InChI=1S/C30H27ClF3N3O5S2/c1-19-4-11-26(12-5-19)44(41,42)37(24-10-15-28(31)27(17-24)30(32,33)34)18-29(38)35-22-8-13-25(14-9-22)43(39,40)36-23-7-6-20(2)21(3)16-23/h4-17,36H,18H2,1-3H3,(H,35,38). The second kappa shape index (κ2) is 12.5. The number of halogens is 4. The largest absolute Gasteiger partial charge is 0.417 e. The van der Waals surface area contributed by atoms with Crippen LogP contribution in [-0.4, -0.2) is 29.3 Å². The van der Waals surface area contributed by atoms with E-state index in [1.165, 1.54) is 48.5 Å². The molecule has 0 saturated carbocycles. The van der Waals surface area contributed by atoms with Gasteiger partial charge in [-0.2, -0.15) is 13.2 Å². The Hall–Kier alpha value is -4.07. The molecule has 4 aromatic rings. The van der Waals surface area contributed by atoms with Crippen LogP contribution >= 0.6 is 11.6 Å². The lowest BCUT2D eigenvalue weighted by molar-refractivity contribution is -0.137. The van der Waals surface area contributed by atoms with E-state index < -0.39 is 54.9 Å². The van der Waals surface area contributed by atoms with E-state index in [1.807, 2.05) is 13.8 Å². The molecule has 4 aromatic carbocycles. The number of amides is 1. The molecule has 0 aliphatic rings. The molecule has 0 unspecified atom stereocenters. The van der Waals surface area contributed by atoms with Crippen LogP contribution in [0.4, 0.5) is 30.2 Å². The predicted molar refractivity (Wildman–Crippen MR) is 164 cm³/mol. The number of sulfonamides is 2. The fraction of sp³-hybridized carbons (Fsp3) is 0.167. The van der Waals surface area contributed by atoms with Gasteiger partial charge in [0.15, 0.2) is 0 Å². The number of carbonyl (C=O) groups is 1. The van der Waals surface area contributed by atoms with Crippen molar-refractivity contribution in [1.82, 2.24) is 0 Å². The first-order valence-electron chi connectivity index (χ1n) is 12.9. The molecule has 0 aliphatic heterocycles. The second-order valence-corrected chi connectivity index (χ2v) is 13.9. The average Bonchev–Trinajstić information content (AvgIpc) is 2.94. The van der Waals surface area contributed by atoms with Gasteiger partial charge in [-0.05, 0) is 98.6 Å². The molecule has 44 heavy (non-hydrogen) atoms. The van der Waals surface area contributed by atoms with Crippen LogP contribution in [0, 0.1) is 20.8 Å². The van der Waals surface area contributed by atoms with Gasteiger partial charge in [0.05, 0.1) is 26.1 Å². The van der Waals surface area contributed by atoms with E-state index in [-0.39, 0.29) is 15.5 Å². The number of nitrogens with zero attached hydrogens (tertiary/aromatic N) is 1. The van der Waals surface area contributed by atoms with E-state index in [0.717, 1.165) is 28.8 Å². The third-order valence-corrected chi connectivity index (χ3v) is 10.2. The first kappa shape index (κ1) is 32.8. The number of anilines is 3. The summed E-state index contributed by atoms with van der Waals surface area (Å²) in [6, 6.07) is 18.3. The van der Waals surface area contributed by atoms with Crippen LogP contribution in [0.5, 0.6) is 0 Å². The second-order valence-electron chi connectivity index (χ2n) is 9.96. The quantitative estimate of drug-likeness (QED) is 0.202. The molecule has 0 saturated heterocycles. The Morgan fingerprint density at radius 3 is 1.95 bits per heavy atom. The summed E-state index contributed by atoms with van der Waals surface area (Å²) < 4.78 is 96.7. The van der Waals surface area contributed by atoms with Gasteiger partial charge in [-0.25, -0.2) is 16.8 Å². The van der Waals surface area contributed by atoms with Gasteiger partial charge in [0.1, 0.15) is 6.54 Å². The third-order valence-electron chi connectivity index (χ3n) is 6.65. The van der Waals surface area contributed by atoms with Gasteiger partial charge < -0.3 is 5.32 Å². The lowest BCUT2D eigenvalue weighted by Gasteiger charge is -2.25. The van der Waals surface area contributed by atoms with Crippen molar-refractivity contribution in [3.05, 3.63) is 112 Å². The first-order valence-corrected chi connectivity index (χ1v) is 16.2. The Morgan fingerprint density at radius 2 is 1.36 bits per heavy atom. The maximum atomic E-state index is 13.6. The molecule has 232 valence electrons. The van der Waals surface area contributed by atoms with E-state index in [9.17, 15) is 34.8 Å². The van der Waals surface area contributed by atoms with Gasteiger partial charge in [0.2, 0.25) is 5.91 Å². The maximum absolute atomic E-state index is 13.6. The summed E-state index contributed by atoms with van der Waals surface area (Å²) in [7, 11) is -8.49. The number of hydrogen-bond donors (Lipinski definition) is 2. The molecule has 1 amide bonds. The topological polar surface area (TPSA) is 113 Å². The van der Waals surface area contributed by atoms with Crippen molar-refractivity contribution in [3.63, 3.8) is 0 Å². The first-order chi connectivity index (χ1) is 20.5. The van der Waals surface area contributed by atoms with Crippen LogP contribution in [-0.2, 0) is 31.0 Å². The summed E-state index contributed by atoms with van der Waals surface area (Å²) in [5, 5.41) is 1.83. The van der Waals surface area contributed by atoms with Crippen LogP contribution < -0.4 is 14.3 Å². The number of rotatable bonds is 9. The molecule has 8 nitrogen and oxygen atoms in total. The van der Waals surface area contributed by atoms with Crippen molar-refractivity contribution in [1.29, 1.82) is 0 Å². The summed E-state index contributed by atoms with van der Waals surface area (Å²) in [4.78, 5) is 12.7. The molecule has 2 N–H and O–H groups in total. The Morgan fingerprint density at radius 1 is 0.773 bits per heavy atom. The average molecular weight is 666 g/mol. The van der Waals surface area contributed by atoms with E-state index in [1.54, 1.807) is 25.1 Å². The number of hydrogen-bond acceptors (Lipinski definition) is 5. The summed E-state index contributed by atoms with van der Waals surface area (Å²) >= 11 is 5.74. The molecule has 0 radical (unpaired) electrons. The lowest BCUT2D eigenvalue weighted by Crippen LogP contribution is -2.38. The number of aryl methyl sites for hydroxylation is 3. The van der Waals surface area contributed by atoms with Gasteiger partial charge in [-0.3, -0.25) is 13.8 Å². The van der Waals surface area contributed by atoms with Crippen LogP contribution in [0.15, 0.2) is 94.7 Å². The fourth-order valence-electron chi connectivity index (χ4n) is 4.11. The number of benzene rings is 4. The van der Waals surface area contributed by atoms with Gasteiger partial charge in [0.25, 0.3) is 20.0 Å². The highest BCUT2D eigenvalue weighted by atomic mass is 35.5. The van der Waals surface area contributed by atoms with Crippen molar-refractivity contribution in [2.24, 2.45) is 0 Å². The van der Waals surface area contributed by atoms with E-state index in [2.05, 4.69) is 10.0 Å². The minimum absolute atomic E-state index is 0.0989. The maximum Gasteiger partial charge on any atom is 0.417 e. The molecule has 0 heterocycles. The molecule has 0 atom stereocenters. The molecule has 4 rings (SSSR count). The summed E-state index contributed by atoms with van der Waals surface area (Å²) in [5.74, 6) is -0.895. The van der Waals surface area contributed by atoms with E-state index >= 15 is 0 Å². The zero-order chi connectivity index (χ0) is 32.4. The van der Waals surface area contributed by atoms with Gasteiger partial charge >= 0.3 is 6.18 Å². The highest BCUT2D eigenvalue weighted by Gasteiger charge is 2.35. The minimum Gasteiger partial charge on any atom is -0.325 e. The van der Waals surface area contributed by atoms with Crippen LogP contribution in [0.2, 0.25) is 5.02 Å². The number of alkyl halides is 3. The summed E-state index contributed by atoms with van der Waals surface area (Å²) in [5.41, 5.74) is 1.43.